The van der Waals surface area contributed by atoms with E-state index < -0.39 is 4.92 Å². The number of anilines is 2. The highest BCUT2D eigenvalue weighted by molar-refractivity contribution is 5.66. The van der Waals surface area contributed by atoms with Gasteiger partial charge >= 0.3 is 0 Å². The van der Waals surface area contributed by atoms with E-state index in [-0.39, 0.29) is 17.8 Å². The molecule has 0 bridgehead atoms. The Morgan fingerprint density at radius 2 is 1.41 bits per heavy atom. The van der Waals surface area contributed by atoms with Gasteiger partial charge in [0.15, 0.2) is 0 Å². The molecular weight excluding hydrogens is 694 g/mol. The van der Waals surface area contributed by atoms with Crippen molar-refractivity contribution in [2.45, 2.75) is 52.5 Å². The molecule has 1 heterocycles. The maximum Gasteiger partial charge on any atom is 0.294 e. The number of nitroso groups, excluding NO2 is 1. The standard InChI is InChI=1S/C16H13N.C15H23N3O6.C8H16O2.CH3NO/c1-17-12-15-8-3-2-6-13(15)10-11-14-7-4-5-9-16(14)17;1-2-6-22-8-10-24-11-9-23-7-5-16-14-4-3-13(17-19)12-15(14)18(20)21;1-2-7-10-8-5-3-4-6-9;2-1-3/h2-9H,12H2,1H3;3-4,12,16H,2,5-11H2,1H3;6H,2-5,7-8H2,1H3;1H,(H2,2,3). The van der Waals surface area contributed by atoms with Gasteiger partial charge in [-0.15, -0.1) is 4.91 Å². The van der Waals surface area contributed by atoms with Crippen LogP contribution in [0.1, 0.15) is 62.6 Å². The van der Waals surface area contributed by atoms with Crippen molar-refractivity contribution >= 4 is 35.4 Å². The van der Waals surface area contributed by atoms with Gasteiger partial charge in [-0.25, -0.2) is 0 Å². The number of benzene rings is 3. The number of carbonyl (C=O) groups is 2. The summed E-state index contributed by atoms with van der Waals surface area (Å²) in [5, 5.41) is 16.5. The average molecular weight is 750 g/mol. The number of unbranched alkanes of at least 4 members (excludes halogenated alkanes) is 2. The van der Waals surface area contributed by atoms with Crippen LogP contribution in [0.2, 0.25) is 0 Å². The first kappa shape index (κ1) is 46.8. The Kier molecular flexibility index (Phi) is 27.2. The molecule has 294 valence electrons. The smallest absolute Gasteiger partial charge is 0.294 e. The molecule has 4 rings (SSSR count). The Labute approximate surface area is 318 Å². The third-order valence-electron chi connectivity index (χ3n) is 7.22. The number of rotatable bonds is 21. The van der Waals surface area contributed by atoms with E-state index >= 15 is 0 Å². The van der Waals surface area contributed by atoms with Gasteiger partial charge in [-0.1, -0.05) is 56.0 Å². The quantitative estimate of drug-likeness (QED) is 0.0292. The molecule has 54 heavy (non-hydrogen) atoms. The summed E-state index contributed by atoms with van der Waals surface area (Å²) in [5.41, 5.74) is 9.04. The van der Waals surface area contributed by atoms with E-state index in [0.717, 1.165) is 75.5 Å². The molecule has 0 radical (unpaired) electrons. The first-order chi connectivity index (χ1) is 26.4. The highest BCUT2D eigenvalue weighted by Gasteiger charge is 2.14. The van der Waals surface area contributed by atoms with Crippen LogP contribution >= 0.6 is 0 Å². The van der Waals surface area contributed by atoms with Crippen LogP contribution in [0.25, 0.3) is 0 Å². The van der Waals surface area contributed by atoms with Crippen molar-refractivity contribution in [3.05, 3.63) is 98.4 Å². The zero-order valence-corrected chi connectivity index (χ0v) is 31.7. The number of ether oxygens (including phenoxy) is 4. The van der Waals surface area contributed by atoms with Crippen molar-refractivity contribution in [2.24, 2.45) is 10.9 Å². The topological polar surface area (TPSA) is 185 Å². The van der Waals surface area contributed by atoms with E-state index in [9.17, 15) is 19.8 Å². The lowest BCUT2D eigenvalue weighted by Gasteiger charge is -2.22. The number of nitrogens with zero attached hydrogens (tertiary/aromatic N) is 3. The van der Waals surface area contributed by atoms with Crippen molar-refractivity contribution in [1.82, 2.24) is 0 Å². The van der Waals surface area contributed by atoms with Crippen molar-refractivity contribution in [3.63, 3.8) is 0 Å². The predicted molar refractivity (Wildman–Crippen MR) is 212 cm³/mol. The second-order valence-electron chi connectivity index (χ2n) is 11.5. The number of hydrogen-bond acceptors (Lipinski definition) is 12. The van der Waals surface area contributed by atoms with Crippen LogP contribution in [0.5, 0.6) is 0 Å². The Morgan fingerprint density at radius 3 is 2.04 bits per heavy atom. The molecule has 14 nitrogen and oxygen atoms in total. The first-order valence-electron chi connectivity index (χ1n) is 18.0. The Morgan fingerprint density at radius 1 is 0.833 bits per heavy atom. The normalized spacial score (nSPS) is 10.7. The van der Waals surface area contributed by atoms with Gasteiger partial charge < -0.3 is 39.7 Å². The fourth-order valence-corrected chi connectivity index (χ4v) is 4.67. The fourth-order valence-electron chi connectivity index (χ4n) is 4.67. The lowest BCUT2D eigenvalue weighted by atomic mass is 10.0. The summed E-state index contributed by atoms with van der Waals surface area (Å²) in [6, 6.07) is 20.6. The van der Waals surface area contributed by atoms with Gasteiger partial charge in [-0.05, 0) is 66.8 Å². The number of fused-ring (bicyclic) bond motifs is 2. The second-order valence-corrected chi connectivity index (χ2v) is 11.5. The third kappa shape index (κ3) is 20.7. The summed E-state index contributed by atoms with van der Waals surface area (Å²) >= 11 is 0. The van der Waals surface area contributed by atoms with Crippen molar-refractivity contribution < 1.29 is 33.5 Å². The summed E-state index contributed by atoms with van der Waals surface area (Å²) in [7, 11) is 2.11. The molecule has 0 aromatic heterocycles. The zero-order chi connectivity index (χ0) is 39.7. The molecule has 0 fully saturated rings. The van der Waals surface area contributed by atoms with Gasteiger partial charge in [-0.3, -0.25) is 14.9 Å². The maximum atomic E-state index is 11.0. The molecule has 14 heteroatoms. The number of amides is 1. The molecule has 1 aliphatic heterocycles. The van der Waals surface area contributed by atoms with Crippen LogP contribution in [0, 0.1) is 26.9 Å². The molecule has 0 unspecified atom stereocenters. The molecule has 1 aliphatic rings. The van der Waals surface area contributed by atoms with Gasteiger partial charge in [0.1, 0.15) is 17.7 Å². The van der Waals surface area contributed by atoms with Crippen LogP contribution in [-0.2, 0) is 35.1 Å². The lowest BCUT2D eigenvalue weighted by molar-refractivity contribution is -0.383. The average Bonchev–Trinajstić information content (AvgIpc) is 3.18. The largest absolute Gasteiger partial charge is 0.381 e. The third-order valence-corrected chi connectivity index (χ3v) is 7.22. The van der Waals surface area contributed by atoms with Crippen molar-refractivity contribution in [1.29, 1.82) is 0 Å². The van der Waals surface area contributed by atoms with Crippen LogP contribution in [0.3, 0.4) is 0 Å². The molecule has 3 aromatic carbocycles. The highest BCUT2D eigenvalue weighted by Crippen LogP contribution is 2.29. The summed E-state index contributed by atoms with van der Waals surface area (Å²) < 4.78 is 21.2. The monoisotopic (exact) mass is 749 g/mol. The number of nitro benzene ring substituents is 1. The number of nitro groups is 1. The summed E-state index contributed by atoms with van der Waals surface area (Å²) in [4.78, 5) is 41.5. The molecule has 0 saturated heterocycles. The minimum absolute atomic E-state index is 0.0172. The van der Waals surface area contributed by atoms with Gasteiger partial charge in [0.2, 0.25) is 6.41 Å². The van der Waals surface area contributed by atoms with Gasteiger partial charge in [0.25, 0.3) is 5.69 Å². The van der Waals surface area contributed by atoms with E-state index in [2.05, 4.69) is 83.3 Å². The maximum absolute atomic E-state index is 11.0. The number of para-hydroxylation sites is 1. The van der Waals surface area contributed by atoms with Crippen molar-refractivity contribution in [2.75, 3.05) is 76.7 Å². The molecular formula is C40H55N5O9. The summed E-state index contributed by atoms with van der Waals surface area (Å²) in [6.07, 6.45) is 5.93. The SMILES string of the molecule is CCCOCCCCC=O.CCCOCCOCCOCCNc1ccc(N=O)cc1[N+](=O)[O-].CN1Cc2ccccc2C#Cc2ccccc21.NC=O. The Bertz CT molecular complexity index is 1560. The van der Waals surface area contributed by atoms with Gasteiger partial charge in [-0.2, -0.15) is 0 Å². The van der Waals surface area contributed by atoms with Crippen LogP contribution in [-0.4, -0.2) is 84.1 Å². The second kappa shape index (κ2) is 31.3. The van der Waals surface area contributed by atoms with E-state index in [1.165, 1.54) is 23.4 Å². The van der Waals surface area contributed by atoms with E-state index in [1.54, 1.807) is 0 Å². The zero-order valence-electron chi connectivity index (χ0n) is 31.7. The number of nitrogens with one attached hydrogen (secondary N) is 1. The number of hydrogen-bond donors (Lipinski definition) is 2. The van der Waals surface area contributed by atoms with Gasteiger partial charge in [0, 0.05) is 63.6 Å². The van der Waals surface area contributed by atoms with Crippen molar-refractivity contribution in [3.8, 4) is 11.8 Å². The van der Waals surface area contributed by atoms with Crippen LogP contribution in [0.4, 0.5) is 22.7 Å². The predicted octanol–water partition coefficient (Wildman–Crippen LogP) is 6.78. The number of carbonyl (C=O) groups excluding carboxylic acids is 2. The van der Waals surface area contributed by atoms with E-state index in [4.69, 9.17) is 23.7 Å². The molecule has 3 N–H and O–H groups in total. The van der Waals surface area contributed by atoms with E-state index in [1.807, 2.05) is 19.1 Å². The van der Waals surface area contributed by atoms with Crippen LogP contribution in [0.15, 0.2) is 71.9 Å². The summed E-state index contributed by atoms with van der Waals surface area (Å²) in [5.74, 6) is 6.53. The summed E-state index contributed by atoms with van der Waals surface area (Å²) in [6.45, 7) is 10.2. The lowest BCUT2D eigenvalue weighted by Crippen LogP contribution is -2.19. The molecule has 1 amide bonds. The molecule has 0 spiro atoms. The molecule has 0 aliphatic carbocycles. The molecule has 3 aromatic rings. The number of primary amides is 1. The fraction of sp³-hybridized carbons (Fsp3) is 0.450. The number of aldehydes is 1. The van der Waals surface area contributed by atoms with Crippen LogP contribution < -0.4 is 16.0 Å². The minimum Gasteiger partial charge on any atom is -0.381 e. The highest BCUT2D eigenvalue weighted by atomic mass is 16.6. The minimum atomic E-state index is -0.563. The van der Waals surface area contributed by atoms with E-state index in [0.29, 0.717) is 51.7 Å². The Hall–Kier alpha value is -5.20. The number of nitrogens with two attached hydrogens (primary N) is 1. The Balaban J connectivity index is 0.000000420. The molecule has 0 saturated carbocycles. The molecule has 0 atom stereocenters. The van der Waals surface area contributed by atoms with Gasteiger partial charge in [0.05, 0.1) is 43.6 Å². The first-order valence-corrected chi connectivity index (χ1v) is 18.0.